The number of nitrogens with two attached hydrogens (primary N) is 1. The lowest BCUT2D eigenvalue weighted by Gasteiger charge is -2.28. The summed E-state index contributed by atoms with van der Waals surface area (Å²) in [6.07, 6.45) is 1.12. The second-order valence-electron chi connectivity index (χ2n) is 4.17. The van der Waals surface area contributed by atoms with Crippen LogP contribution in [0.2, 0.25) is 0 Å². The van der Waals surface area contributed by atoms with Crippen molar-refractivity contribution in [2.75, 3.05) is 26.2 Å². The molecule has 0 aromatic rings. The summed E-state index contributed by atoms with van der Waals surface area (Å²) in [7, 11) is 0. The molecule has 0 aliphatic carbocycles. The molecule has 2 rings (SSSR count). The van der Waals surface area contributed by atoms with Crippen LogP contribution in [0.1, 0.15) is 12.8 Å². The Labute approximate surface area is 94.1 Å². The number of hydrogen-bond acceptors (Lipinski definition) is 4. The number of nitrogens with one attached hydrogen (secondary N) is 1. The molecule has 0 spiro atoms. The van der Waals surface area contributed by atoms with Crippen LogP contribution in [0.25, 0.3) is 0 Å². The molecule has 0 aromatic heterocycles. The average Bonchev–Trinajstić information content (AvgIpc) is 2.76. The molecule has 2 aliphatic rings. The fraction of sp³-hybridized carbons (Fsp3) is 0.800. The Kier molecular flexibility index (Phi) is 3.40. The Morgan fingerprint density at radius 2 is 2.38 bits per heavy atom. The molecular formula is C10H17N3O3. The number of carbonyl (C=O) groups excluding carboxylic acids is 2. The number of ether oxygens (including phenoxy) is 1. The van der Waals surface area contributed by atoms with Gasteiger partial charge in [0.2, 0.25) is 5.91 Å². The molecule has 0 saturated carbocycles. The predicted octanol–water partition coefficient (Wildman–Crippen LogP) is -1.55. The molecule has 0 unspecified atom stereocenters. The van der Waals surface area contributed by atoms with E-state index in [0.29, 0.717) is 26.1 Å². The predicted molar refractivity (Wildman–Crippen MR) is 56.5 cm³/mol. The van der Waals surface area contributed by atoms with E-state index in [0.717, 1.165) is 6.42 Å². The zero-order valence-electron chi connectivity index (χ0n) is 9.15. The van der Waals surface area contributed by atoms with Gasteiger partial charge in [0.15, 0.2) is 0 Å². The van der Waals surface area contributed by atoms with Crippen LogP contribution in [0.5, 0.6) is 0 Å². The zero-order chi connectivity index (χ0) is 11.5. The first-order valence-electron chi connectivity index (χ1n) is 5.61. The molecule has 6 heteroatoms. The Balaban J connectivity index is 1.89. The summed E-state index contributed by atoms with van der Waals surface area (Å²) < 4.78 is 5.51. The van der Waals surface area contributed by atoms with E-state index < -0.39 is 6.10 Å². The van der Waals surface area contributed by atoms with Crippen LogP contribution in [0.3, 0.4) is 0 Å². The van der Waals surface area contributed by atoms with Gasteiger partial charge in [-0.05, 0) is 12.8 Å². The van der Waals surface area contributed by atoms with Crippen LogP contribution in [0.4, 0.5) is 0 Å². The van der Waals surface area contributed by atoms with Gasteiger partial charge in [-0.2, -0.15) is 0 Å². The van der Waals surface area contributed by atoms with Gasteiger partial charge in [0.25, 0.3) is 5.91 Å². The summed E-state index contributed by atoms with van der Waals surface area (Å²) in [5, 5.41) is 2.68. The van der Waals surface area contributed by atoms with Gasteiger partial charge in [-0.3, -0.25) is 9.59 Å². The Bertz CT molecular complexity index is 295. The van der Waals surface area contributed by atoms with Gasteiger partial charge in [0, 0.05) is 19.6 Å². The van der Waals surface area contributed by atoms with E-state index in [1.54, 1.807) is 4.90 Å². The van der Waals surface area contributed by atoms with Gasteiger partial charge in [0.1, 0.15) is 6.10 Å². The Morgan fingerprint density at radius 1 is 1.56 bits per heavy atom. The third kappa shape index (κ3) is 2.33. The molecule has 16 heavy (non-hydrogen) atoms. The normalized spacial score (nSPS) is 30.3. The van der Waals surface area contributed by atoms with E-state index in [9.17, 15) is 9.59 Å². The van der Waals surface area contributed by atoms with E-state index in [1.807, 2.05) is 0 Å². The average molecular weight is 227 g/mol. The van der Waals surface area contributed by atoms with E-state index >= 15 is 0 Å². The van der Waals surface area contributed by atoms with E-state index in [4.69, 9.17) is 10.5 Å². The number of rotatable bonds is 2. The number of nitrogens with zero attached hydrogens (tertiary/aromatic N) is 1. The lowest BCUT2D eigenvalue weighted by Crippen LogP contribution is -2.52. The number of amides is 2. The first-order chi connectivity index (χ1) is 7.70. The topological polar surface area (TPSA) is 84.7 Å². The van der Waals surface area contributed by atoms with Crippen LogP contribution >= 0.6 is 0 Å². The maximum Gasteiger partial charge on any atom is 0.252 e. The lowest BCUT2D eigenvalue weighted by atomic mass is 10.1. The highest BCUT2D eigenvalue weighted by atomic mass is 16.5. The highest BCUT2D eigenvalue weighted by Crippen LogP contribution is 2.20. The molecule has 2 amide bonds. The minimum Gasteiger partial charge on any atom is -0.364 e. The van der Waals surface area contributed by atoms with E-state index in [2.05, 4.69) is 5.32 Å². The second kappa shape index (κ2) is 4.80. The molecule has 0 radical (unpaired) electrons. The van der Waals surface area contributed by atoms with Crippen LogP contribution in [0, 0.1) is 0 Å². The fourth-order valence-electron chi connectivity index (χ4n) is 2.09. The Morgan fingerprint density at radius 3 is 3.00 bits per heavy atom. The van der Waals surface area contributed by atoms with Crippen molar-refractivity contribution in [3.63, 3.8) is 0 Å². The molecule has 0 aromatic carbocycles. The Hall–Kier alpha value is -1.14. The summed E-state index contributed by atoms with van der Waals surface area (Å²) in [6, 6.07) is 0. The van der Waals surface area contributed by atoms with Gasteiger partial charge in [-0.15, -0.1) is 0 Å². The summed E-state index contributed by atoms with van der Waals surface area (Å²) in [5.41, 5.74) is 5.48. The largest absolute Gasteiger partial charge is 0.364 e. The van der Waals surface area contributed by atoms with E-state index in [1.165, 1.54) is 0 Å². The molecule has 90 valence electrons. The zero-order valence-corrected chi connectivity index (χ0v) is 9.15. The minimum absolute atomic E-state index is 0.00688. The lowest BCUT2D eigenvalue weighted by molar-refractivity contribution is -0.147. The number of carbonyl (C=O) groups is 2. The van der Waals surface area contributed by atoms with Crippen molar-refractivity contribution in [3.8, 4) is 0 Å². The van der Waals surface area contributed by atoms with Crippen molar-refractivity contribution in [3.05, 3.63) is 0 Å². The SMILES string of the molecule is NC[C@H]1CC[C@@H](C(=O)N2CCNC(=O)C2)O1. The molecule has 2 saturated heterocycles. The number of hydrogen-bond donors (Lipinski definition) is 2. The maximum absolute atomic E-state index is 12.0. The van der Waals surface area contributed by atoms with Crippen LogP contribution in [-0.2, 0) is 14.3 Å². The summed E-state index contributed by atoms with van der Waals surface area (Å²) >= 11 is 0. The van der Waals surface area contributed by atoms with Gasteiger partial charge >= 0.3 is 0 Å². The number of piperazine rings is 1. The second-order valence-corrected chi connectivity index (χ2v) is 4.17. The monoisotopic (exact) mass is 227 g/mol. The third-order valence-corrected chi connectivity index (χ3v) is 3.00. The maximum atomic E-state index is 12.0. The van der Waals surface area contributed by atoms with Crippen LogP contribution in [-0.4, -0.2) is 55.1 Å². The van der Waals surface area contributed by atoms with Crippen LogP contribution in [0.15, 0.2) is 0 Å². The summed E-state index contributed by atoms with van der Waals surface area (Å²) in [5.74, 6) is -0.182. The van der Waals surface area contributed by atoms with Gasteiger partial charge in [-0.1, -0.05) is 0 Å². The van der Waals surface area contributed by atoms with Crippen molar-refractivity contribution >= 4 is 11.8 Å². The first kappa shape index (κ1) is 11.3. The van der Waals surface area contributed by atoms with Crippen molar-refractivity contribution in [2.24, 2.45) is 5.73 Å². The van der Waals surface area contributed by atoms with Crippen molar-refractivity contribution in [2.45, 2.75) is 25.0 Å². The summed E-state index contributed by atoms with van der Waals surface area (Å²) in [6.45, 7) is 1.69. The van der Waals surface area contributed by atoms with E-state index in [-0.39, 0.29) is 24.5 Å². The smallest absolute Gasteiger partial charge is 0.252 e. The van der Waals surface area contributed by atoms with Crippen LogP contribution < -0.4 is 11.1 Å². The molecule has 6 nitrogen and oxygen atoms in total. The molecule has 2 heterocycles. The molecule has 2 fully saturated rings. The highest BCUT2D eigenvalue weighted by molar-refractivity contribution is 5.88. The van der Waals surface area contributed by atoms with Gasteiger partial charge < -0.3 is 20.7 Å². The van der Waals surface area contributed by atoms with Crippen molar-refractivity contribution in [1.29, 1.82) is 0 Å². The standard InChI is InChI=1S/C10H17N3O3/c11-5-7-1-2-8(16-7)10(15)13-4-3-12-9(14)6-13/h7-8H,1-6,11H2,(H,12,14)/t7-,8+/m1/s1. The third-order valence-electron chi connectivity index (χ3n) is 3.00. The molecule has 0 bridgehead atoms. The fourth-order valence-corrected chi connectivity index (χ4v) is 2.09. The first-order valence-corrected chi connectivity index (χ1v) is 5.61. The highest BCUT2D eigenvalue weighted by Gasteiger charge is 2.34. The van der Waals surface area contributed by atoms with Gasteiger partial charge in [-0.25, -0.2) is 0 Å². The molecule has 3 N–H and O–H groups in total. The minimum atomic E-state index is -0.403. The quantitative estimate of drug-likeness (QED) is 0.598. The molecule has 2 aliphatic heterocycles. The van der Waals surface area contributed by atoms with Gasteiger partial charge in [0.05, 0.1) is 12.6 Å². The molecular weight excluding hydrogens is 210 g/mol. The molecule has 2 atom stereocenters. The summed E-state index contributed by atoms with van der Waals surface area (Å²) in [4.78, 5) is 24.7. The van der Waals surface area contributed by atoms with Crippen molar-refractivity contribution < 1.29 is 14.3 Å². The van der Waals surface area contributed by atoms with Crippen molar-refractivity contribution in [1.82, 2.24) is 10.2 Å².